The SMILES string of the molecule is CC(C)(C)C(=O)C[C@@H]1C/C(=C/[Si](C)(C)C)C[C@H](CO[Si](c2ccccc2)(c2ccccc2)C(C)(C)C)O1. The van der Waals surface area contributed by atoms with Crippen LogP contribution >= 0.6 is 0 Å². The molecule has 2 aromatic rings. The fraction of sp³-hybridized carbons (Fsp3) is 0.531. The van der Waals surface area contributed by atoms with E-state index in [1.807, 2.05) is 20.8 Å². The van der Waals surface area contributed by atoms with E-state index < -0.39 is 16.4 Å². The van der Waals surface area contributed by atoms with Crippen molar-refractivity contribution in [1.82, 2.24) is 0 Å². The van der Waals surface area contributed by atoms with Crippen LogP contribution in [0.1, 0.15) is 60.8 Å². The Bertz CT molecular complexity index is 1020. The van der Waals surface area contributed by atoms with Crippen molar-refractivity contribution in [3.63, 3.8) is 0 Å². The zero-order chi connectivity index (χ0) is 27.5. The average molecular weight is 537 g/mol. The van der Waals surface area contributed by atoms with Crippen molar-refractivity contribution in [2.45, 2.75) is 97.7 Å². The normalized spacial score (nSPS) is 20.7. The van der Waals surface area contributed by atoms with E-state index in [-0.39, 0.29) is 28.4 Å². The summed E-state index contributed by atoms with van der Waals surface area (Å²) in [4.78, 5) is 12.9. The summed E-state index contributed by atoms with van der Waals surface area (Å²) in [6, 6.07) is 21.5. The molecular formula is C32H48O3Si2. The second-order valence-electron chi connectivity index (χ2n) is 13.8. The van der Waals surface area contributed by atoms with Crippen LogP contribution in [0.25, 0.3) is 0 Å². The second kappa shape index (κ2) is 11.5. The predicted octanol–water partition coefficient (Wildman–Crippen LogP) is 6.92. The van der Waals surface area contributed by atoms with Gasteiger partial charge in [-0.15, -0.1) is 0 Å². The number of hydrogen-bond donors (Lipinski definition) is 0. The van der Waals surface area contributed by atoms with Gasteiger partial charge in [-0.2, -0.15) is 0 Å². The monoisotopic (exact) mass is 536 g/mol. The van der Waals surface area contributed by atoms with Gasteiger partial charge >= 0.3 is 0 Å². The van der Waals surface area contributed by atoms with Gasteiger partial charge in [-0.3, -0.25) is 4.79 Å². The largest absolute Gasteiger partial charge is 0.405 e. The molecule has 0 spiro atoms. The Morgan fingerprint density at radius 1 is 0.865 bits per heavy atom. The van der Waals surface area contributed by atoms with Crippen molar-refractivity contribution in [1.29, 1.82) is 0 Å². The van der Waals surface area contributed by atoms with Crippen LogP contribution < -0.4 is 10.4 Å². The molecule has 0 bridgehead atoms. The number of ketones is 1. The Kier molecular flexibility index (Phi) is 9.27. The highest BCUT2D eigenvalue weighted by Gasteiger charge is 2.50. The quantitative estimate of drug-likeness (QED) is 0.344. The molecule has 0 radical (unpaired) electrons. The van der Waals surface area contributed by atoms with E-state index in [1.165, 1.54) is 15.9 Å². The van der Waals surface area contributed by atoms with Crippen molar-refractivity contribution >= 4 is 32.5 Å². The summed E-state index contributed by atoms with van der Waals surface area (Å²) in [6.45, 7) is 20.6. The van der Waals surface area contributed by atoms with Crippen molar-refractivity contribution in [3.05, 3.63) is 71.9 Å². The highest BCUT2D eigenvalue weighted by molar-refractivity contribution is 6.99. The van der Waals surface area contributed by atoms with Gasteiger partial charge in [-0.05, 0) is 28.3 Å². The van der Waals surface area contributed by atoms with E-state index in [4.69, 9.17) is 9.16 Å². The molecule has 3 rings (SSSR count). The minimum absolute atomic E-state index is 0.0595. The Morgan fingerprint density at radius 3 is 1.78 bits per heavy atom. The van der Waals surface area contributed by atoms with Crippen LogP contribution in [-0.4, -0.2) is 41.0 Å². The molecule has 0 N–H and O–H groups in total. The molecule has 2 atom stereocenters. The number of carbonyl (C=O) groups excluding carboxylic acids is 1. The number of hydrogen-bond acceptors (Lipinski definition) is 3. The molecule has 1 fully saturated rings. The summed E-state index contributed by atoms with van der Waals surface area (Å²) in [5.41, 5.74) is 3.60. The fourth-order valence-electron chi connectivity index (χ4n) is 5.48. The summed E-state index contributed by atoms with van der Waals surface area (Å²) >= 11 is 0. The molecule has 37 heavy (non-hydrogen) atoms. The minimum atomic E-state index is -2.64. The van der Waals surface area contributed by atoms with Crippen LogP contribution in [0.5, 0.6) is 0 Å². The first-order valence-electron chi connectivity index (χ1n) is 13.8. The summed E-state index contributed by atoms with van der Waals surface area (Å²) in [7, 11) is -4.05. The second-order valence-corrected chi connectivity index (χ2v) is 23.1. The van der Waals surface area contributed by atoms with Gasteiger partial charge in [0.2, 0.25) is 0 Å². The fourth-order valence-corrected chi connectivity index (χ4v) is 11.5. The summed E-state index contributed by atoms with van der Waals surface area (Å²) in [6.07, 6.45) is 2.04. The maximum Gasteiger partial charge on any atom is 0.261 e. The molecule has 202 valence electrons. The molecule has 0 saturated carbocycles. The number of ether oxygens (including phenoxy) is 1. The standard InChI is InChI=1S/C32H48O3Si2/c1-31(2,3)30(33)22-26-20-25(24-36(7,8)9)21-27(35-26)23-34-37(32(4,5)6,28-16-12-10-13-17-28)29-18-14-11-15-19-29/h10-19,24,26-27H,20-23H2,1-9H3/b25-24-/t26-,27+/m0/s1. The minimum Gasteiger partial charge on any atom is -0.405 e. The smallest absolute Gasteiger partial charge is 0.261 e. The van der Waals surface area contributed by atoms with Crippen molar-refractivity contribution in [2.24, 2.45) is 5.41 Å². The maximum absolute atomic E-state index is 12.9. The number of carbonyl (C=O) groups is 1. The molecule has 1 heterocycles. The van der Waals surface area contributed by atoms with Gasteiger partial charge in [0.15, 0.2) is 0 Å². The highest BCUT2D eigenvalue weighted by Crippen LogP contribution is 2.38. The number of benzene rings is 2. The Morgan fingerprint density at radius 2 is 1.35 bits per heavy atom. The van der Waals surface area contributed by atoms with Crippen LogP contribution in [0.15, 0.2) is 71.9 Å². The lowest BCUT2D eigenvalue weighted by Crippen LogP contribution is -2.67. The number of Topliss-reactive ketones (excluding diaryl/α,β-unsaturated/α-hetero) is 1. The van der Waals surface area contributed by atoms with Crippen LogP contribution in [0, 0.1) is 5.41 Å². The van der Waals surface area contributed by atoms with Crippen LogP contribution in [0.3, 0.4) is 0 Å². The highest BCUT2D eigenvalue weighted by atomic mass is 28.4. The lowest BCUT2D eigenvalue weighted by Gasteiger charge is -2.44. The third-order valence-electron chi connectivity index (χ3n) is 7.15. The van der Waals surface area contributed by atoms with E-state index in [0.29, 0.717) is 13.0 Å². The Labute approximate surface area is 227 Å². The van der Waals surface area contributed by atoms with Gasteiger partial charge in [-0.25, -0.2) is 0 Å². The van der Waals surface area contributed by atoms with Crippen molar-refractivity contribution in [3.8, 4) is 0 Å². The summed E-state index contributed by atoms with van der Waals surface area (Å²) in [5, 5.41) is 2.48. The average Bonchev–Trinajstić information content (AvgIpc) is 2.78. The van der Waals surface area contributed by atoms with Gasteiger partial charge < -0.3 is 9.16 Å². The lowest BCUT2D eigenvalue weighted by atomic mass is 9.85. The van der Waals surface area contributed by atoms with Crippen LogP contribution in [0.2, 0.25) is 24.7 Å². The van der Waals surface area contributed by atoms with Gasteiger partial charge in [0, 0.05) is 11.8 Å². The molecule has 1 saturated heterocycles. The molecule has 2 aromatic carbocycles. The van der Waals surface area contributed by atoms with Gasteiger partial charge in [0.1, 0.15) is 5.78 Å². The Hall–Kier alpha value is -1.80. The molecule has 0 unspecified atom stereocenters. The van der Waals surface area contributed by atoms with E-state index >= 15 is 0 Å². The van der Waals surface area contributed by atoms with Crippen molar-refractivity contribution < 1.29 is 14.0 Å². The van der Waals surface area contributed by atoms with E-state index in [2.05, 4.69) is 107 Å². The zero-order valence-corrected chi connectivity index (χ0v) is 26.6. The molecule has 0 amide bonds. The van der Waals surface area contributed by atoms with Crippen molar-refractivity contribution in [2.75, 3.05) is 6.61 Å². The molecule has 0 aliphatic carbocycles. The van der Waals surface area contributed by atoms with Gasteiger partial charge in [0.05, 0.1) is 26.9 Å². The van der Waals surface area contributed by atoms with E-state index in [9.17, 15) is 4.79 Å². The van der Waals surface area contributed by atoms with Gasteiger partial charge in [-0.1, -0.05) is 133 Å². The number of rotatable bonds is 8. The zero-order valence-electron chi connectivity index (χ0n) is 24.6. The third kappa shape index (κ3) is 7.63. The Balaban J connectivity index is 1.96. The topological polar surface area (TPSA) is 35.5 Å². The molecular weight excluding hydrogens is 489 g/mol. The molecule has 1 aliphatic heterocycles. The summed E-state index contributed by atoms with van der Waals surface area (Å²) in [5.74, 6) is 0.262. The summed E-state index contributed by atoms with van der Waals surface area (Å²) < 4.78 is 13.8. The maximum atomic E-state index is 12.9. The van der Waals surface area contributed by atoms with Crippen LogP contribution in [0.4, 0.5) is 0 Å². The van der Waals surface area contributed by atoms with E-state index in [0.717, 1.165) is 12.8 Å². The first-order valence-corrected chi connectivity index (χ1v) is 19.2. The molecule has 0 aromatic heterocycles. The molecule has 5 heteroatoms. The predicted molar refractivity (Wildman–Crippen MR) is 162 cm³/mol. The third-order valence-corrected chi connectivity index (χ3v) is 13.4. The van der Waals surface area contributed by atoms with Crippen LogP contribution in [-0.2, 0) is 14.0 Å². The first-order chi connectivity index (χ1) is 17.1. The lowest BCUT2D eigenvalue weighted by molar-refractivity contribution is -0.132. The molecule has 3 nitrogen and oxygen atoms in total. The first kappa shape index (κ1) is 29.8. The van der Waals surface area contributed by atoms with Gasteiger partial charge in [0.25, 0.3) is 8.32 Å². The molecule has 1 aliphatic rings. The van der Waals surface area contributed by atoms with E-state index in [1.54, 1.807) is 0 Å².